The Morgan fingerprint density at radius 2 is 1.79 bits per heavy atom. The molecule has 0 saturated heterocycles. The van der Waals surface area contributed by atoms with Crippen LogP contribution < -0.4 is 10.2 Å². The summed E-state index contributed by atoms with van der Waals surface area (Å²) in [6.45, 7) is 1.76. The van der Waals surface area contributed by atoms with Gasteiger partial charge in [0.2, 0.25) is 0 Å². The van der Waals surface area contributed by atoms with Gasteiger partial charge in [0.05, 0.1) is 0 Å². The van der Waals surface area contributed by atoms with Crippen molar-refractivity contribution in [3.8, 4) is 28.6 Å². The molecule has 2 aromatic carbocycles. The third-order valence-corrected chi connectivity index (χ3v) is 3.64. The molecule has 2 N–H and O–H groups in total. The van der Waals surface area contributed by atoms with Crippen LogP contribution in [0.5, 0.6) is 17.2 Å². The van der Waals surface area contributed by atoms with Crippen LogP contribution in [0.2, 0.25) is 0 Å². The van der Waals surface area contributed by atoms with Gasteiger partial charge in [0.15, 0.2) is 23.7 Å². The van der Waals surface area contributed by atoms with Crippen LogP contribution in [-0.4, -0.2) is 24.1 Å². The highest BCUT2D eigenvalue weighted by atomic mass is 16.7. The Hall–Kier alpha value is -2.99. The van der Waals surface area contributed by atoms with Gasteiger partial charge in [-0.15, -0.1) is 0 Å². The van der Waals surface area contributed by atoms with E-state index in [-0.39, 0.29) is 23.5 Å². The third-order valence-electron chi connectivity index (χ3n) is 3.64. The fourth-order valence-electron chi connectivity index (χ4n) is 2.40. The largest absolute Gasteiger partial charge is 0.504 e. The highest BCUT2D eigenvalue weighted by Gasteiger charge is 2.15. The molecule has 6 nitrogen and oxygen atoms in total. The zero-order valence-corrected chi connectivity index (χ0v) is 13.2. The van der Waals surface area contributed by atoms with E-state index in [1.54, 1.807) is 31.2 Å². The van der Waals surface area contributed by atoms with E-state index >= 15 is 0 Å². The molecule has 0 aliphatic carbocycles. The minimum atomic E-state index is -0.464. The number of aromatic hydroxyl groups is 2. The van der Waals surface area contributed by atoms with Gasteiger partial charge in [0.1, 0.15) is 22.5 Å². The van der Waals surface area contributed by atoms with Crippen molar-refractivity contribution >= 4 is 11.0 Å². The summed E-state index contributed by atoms with van der Waals surface area (Å²) in [5, 5.41) is 19.7. The van der Waals surface area contributed by atoms with Crippen molar-refractivity contribution in [3.05, 3.63) is 52.2 Å². The van der Waals surface area contributed by atoms with E-state index < -0.39 is 11.2 Å². The number of phenols is 2. The van der Waals surface area contributed by atoms with Crippen molar-refractivity contribution < 1.29 is 24.1 Å². The molecule has 24 heavy (non-hydrogen) atoms. The van der Waals surface area contributed by atoms with Crippen LogP contribution in [-0.2, 0) is 4.74 Å². The standard InChI is InChI=1S/C18H16O6/c1-10-7-15-16(18(21)17(10)20)13(19)8-14(24-15)11-3-5-12(6-4-11)23-9-22-2/h3-8,20-21H,9H2,1-2H3. The number of rotatable bonds is 4. The first-order valence-corrected chi connectivity index (χ1v) is 7.23. The summed E-state index contributed by atoms with van der Waals surface area (Å²) in [6.07, 6.45) is 0. The third kappa shape index (κ3) is 2.79. The Kier molecular flexibility index (Phi) is 4.14. The van der Waals surface area contributed by atoms with E-state index in [1.807, 2.05) is 0 Å². The molecule has 0 aliphatic heterocycles. The molecule has 0 unspecified atom stereocenters. The lowest BCUT2D eigenvalue weighted by atomic mass is 10.1. The lowest BCUT2D eigenvalue weighted by Gasteiger charge is -2.08. The molecule has 3 rings (SSSR count). The normalized spacial score (nSPS) is 10.9. The second kappa shape index (κ2) is 6.25. The quantitative estimate of drug-likeness (QED) is 0.565. The van der Waals surface area contributed by atoms with Crippen LogP contribution >= 0.6 is 0 Å². The molecular weight excluding hydrogens is 312 g/mol. The van der Waals surface area contributed by atoms with E-state index in [4.69, 9.17) is 13.9 Å². The molecule has 0 radical (unpaired) electrons. The number of methoxy groups -OCH3 is 1. The van der Waals surface area contributed by atoms with Gasteiger partial charge in [-0.25, -0.2) is 0 Å². The molecule has 0 atom stereocenters. The molecule has 0 saturated carbocycles. The van der Waals surface area contributed by atoms with Gasteiger partial charge in [-0.2, -0.15) is 0 Å². The van der Waals surface area contributed by atoms with Crippen molar-refractivity contribution in [3.63, 3.8) is 0 Å². The van der Waals surface area contributed by atoms with Crippen LogP contribution in [0.25, 0.3) is 22.3 Å². The Labute approximate surface area is 137 Å². The molecule has 1 heterocycles. The Bertz CT molecular complexity index is 940. The van der Waals surface area contributed by atoms with Crippen molar-refractivity contribution in [2.45, 2.75) is 6.92 Å². The number of aryl methyl sites for hydroxylation is 1. The van der Waals surface area contributed by atoms with E-state index in [0.29, 0.717) is 22.6 Å². The van der Waals surface area contributed by atoms with Crippen LogP contribution in [0.1, 0.15) is 5.56 Å². The number of hydrogen-bond donors (Lipinski definition) is 2. The first-order chi connectivity index (χ1) is 11.5. The van der Waals surface area contributed by atoms with Gasteiger partial charge in [-0.3, -0.25) is 4.79 Å². The summed E-state index contributed by atoms with van der Waals surface area (Å²) in [5.74, 6) is 0.202. The van der Waals surface area contributed by atoms with Crippen molar-refractivity contribution in [2.75, 3.05) is 13.9 Å². The Balaban J connectivity index is 2.08. The van der Waals surface area contributed by atoms with Crippen LogP contribution in [0.15, 0.2) is 45.6 Å². The zero-order valence-electron chi connectivity index (χ0n) is 13.2. The smallest absolute Gasteiger partial charge is 0.197 e. The van der Waals surface area contributed by atoms with Crippen LogP contribution in [0.3, 0.4) is 0 Å². The lowest BCUT2D eigenvalue weighted by Crippen LogP contribution is -2.01. The van der Waals surface area contributed by atoms with Crippen molar-refractivity contribution in [2.24, 2.45) is 0 Å². The maximum Gasteiger partial charge on any atom is 0.197 e. The maximum atomic E-state index is 12.3. The highest BCUT2D eigenvalue weighted by Crippen LogP contribution is 2.36. The van der Waals surface area contributed by atoms with E-state index in [9.17, 15) is 15.0 Å². The van der Waals surface area contributed by atoms with E-state index in [1.165, 1.54) is 19.2 Å². The summed E-state index contributed by atoms with van der Waals surface area (Å²) in [6, 6.07) is 9.77. The fraction of sp³-hybridized carbons (Fsp3) is 0.167. The molecule has 0 fully saturated rings. The van der Waals surface area contributed by atoms with Gasteiger partial charge in [-0.05, 0) is 42.8 Å². The van der Waals surface area contributed by atoms with Gasteiger partial charge in [0, 0.05) is 18.7 Å². The highest BCUT2D eigenvalue weighted by molar-refractivity contribution is 5.88. The molecule has 0 amide bonds. The lowest BCUT2D eigenvalue weighted by molar-refractivity contribution is 0.0511. The van der Waals surface area contributed by atoms with Crippen LogP contribution in [0, 0.1) is 6.92 Å². The fourth-order valence-corrected chi connectivity index (χ4v) is 2.40. The second-order valence-corrected chi connectivity index (χ2v) is 5.31. The number of ether oxygens (including phenoxy) is 2. The van der Waals surface area contributed by atoms with Gasteiger partial charge in [0.25, 0.3) is 0 Å². The predicted molar refractivity (Wildman–Crippen MR) is 88.5 cm³/mol. The summed E-state index contributed by atoms with van der Waals surface area (Å²) in [4.78, 5) is 12.3. The summed E-state index contributed by atoms with van der Waals surface area (Å²) < 4.78 is 15.9. The second-order valence-electron chi connectivity index (χ2n) is 5.31. The molecule has 1 aromatic heterocycles. The number of benzene rings is 2. The maximum absolute atomic E-state index is 12.3. The van der Waals surface area contributed by atoms with Crippen LogP contribution in [0.4, 0.5) is 0 Å². The first kappa shape index (κ1) is 15.9. The van der Waals surface area contributed by atoms with Gasteiger partial charge < -0.3 is 24.1 Å². The average Bonchev–Trinajstić information content (AvgIpc) is 2.58. The minimum Gasteiger partial charge on any atom is -0.504 e. The molecule has 0 aliphatic rings. The first-order valence-electron chi connectivity index (χ1n) is 7.23. The SMILES string of the molecule is COCOc1ccc(-c2cc(=O)c3c(O)c(O)c(C)cc3o2)cc1. The molecule has 3 aromatic rings. The summed E-state index contributed by atoms with van der Waals surface area (Å²) in [5.41, 5.74) is 0.886. The Morgan fingerprint density at radius 1 is 1.08 bits per heavy atom. The van der Waals surface area contributed by atoms with E-state index in [2.05, 4.69) is 0 Å². The molecule has 0 bridgehead atoms. The summed E-state index contributed by atoms with van der Waals surface area (Å²) in [7, 11) is 1.54. The van der Waals surface area contributed by atoms with Crippen molar-refractivity contribution in [1.82, 2.24) is 0 Å². The number of phenolic OH excluding ortho intramolecular Hbond substituents is 2. The minimum absolute atomic E-state index is 0.0399. The number of fused-ring (bicyclic) bond motifs is 1. The molecule has 6 heteroatoms. The monoisotopic (exact) mass is 328 g/mol. The van der Waals surface area contributed by atoms with E-state index in [0.717, 1.165) is 0 Å². The topological polar surface area (TPSA) is 89.1 Å². The van der Waals surface area contributed by atoms with Gasteiger partial charge in [-0.1, -0.05) is 0 Å². The molecule has 0 spiro atoms. The van der Waals surface area contributed by atoms with Gasteiger partial charge >= 0.3 is 0 Å². The molecular formula is C18H16O6. The Morgan fingerprint density at radius 3 is 2.46 bits per heavy atom. The van der Waals surface area contributed by atoms with Crippen molar-refractivity contribution in [1.29, 1.82) is 0 Å². The summed E-state index contributed by atoms with van der Waals surface area (Å²) >= 11 is 0. The molecule has 124 valence electrons. The predicted octanol–water partition coefficient (Wildman–Crippen LogP) is 3.16. The average molecular weight is 328 g/mol. The zero-order chi connectivity index (χ0) is 17.3. The number of hydrogen-bond acceptors (Lipinski definition) is 6.